The zero-order valence-electron chi connectivity index (χ0n) is 26.3. The van der Waals surface area contributed by atoms with Gasteiger partial charge in [0.1, 0.15) is 5.58 Å². The molecule has 3 aromatic carbocycles. The number of benzene rings is 3. The molecule has 4 nitrogen and oxygen atoms in total. The SMILES string of the molecule is Cc1ccc(-c2[c-]cccc2)nc1.[2H]c1nc(-c2[c-]ccc3c2oc2cc4nc(C(C)(C)C)sc4cc23)c([2H])c([2H])c1[2H].[Ir]. The molecule has 0 aliphatic heterocycles. The molecule has 0 aliphatic rings. The van der Waals surface area contributed by atoms with E-state index >= 15 is 0 Å². The Labute approximate surface area is 257 Å². The molecular formula is C34H27IrN3OS-2. The predicted octanol–water partition coefficient (Wildman–Crippen LogP) is 9.21. The Morgan fingerprint density at radius 3 is 2.55 bits per heavy atom. The van der Waals surface area contributed by atoms with E-state index in [2.05, 4.69) is 55.0 Å². The maximum absolute atomic E-state index is 8.23. The molecule has 0 unspecified atom stereocenters. The summed E-state index contributed by atoms with van der Waals surface area (Å²) in [5.74, 6) is 0. The van der Waals surface area contributed by atoms with Gasteiger partial charge in [0.15, 0.2) is 0 Å². The largest absolute Gasteiger partial charge is 0.501 e. The van der Waals surface area contributed by atoms with Crippen LogP contribution in [0.4, 0.5) is 0 Å². The number of hydrogen-bond acceptors (Lipinski definition) is 5. The molecule has 7 aromatic rings. The van der Waals surface area contributed by atoms with Crippen molar-refractivity contribution in [1.29, 1.82) is 0 Å². The van der Waals surface area contributed by atoms with Gasteiger partial charge in [0.2, 0.25) is 0 Å². The average Bonchev–Trinajstić information content (AvgIpc) is 3.59. The van der Waals surface area contributed by atoms with Crippen LogP contribution >= 0.6 is 11.3 Å². The third kappa shape index (κ3) is 5.62. The summed E-state index contributed by atoms with van der Waals surface area (Å²) in [6.45, 7) is 8.45. The van der Waals surface area contributed by atoms with Gasteiger partial charge in [-0.2, -0.15) is 0 Å². The van der Waals surface area contributed by atoms with E-state index in [1.54, 1.807) is 17.4 Å². The zero-order valence-corrected chi connectivity index (χ0v) is 25.6. The molecule has 6 heteroatoms. The Hall–Kier alpha value is -3.70. The van der Waals surface area contributed by atoms with E-state index in [1.807, 2.05) is 55.6 Å². The topological polar surface area (TPSA) is 51.8 Å². The summed E-state index contributed by atoms with van der Waals surface area (Å²) in [5, 5.41) is 2.84. The predicted molar refractivity (Wildman–Crippen MR) is 161 cm³/mol. The van der Waals surface area contributed by atoms with Crippen molar-refractivity contribution in [3.8, 4) is 22.5 Å². The standard InChI is InChI=1S/C22H17N2OS.C12H10N.Ir/c1-22(2,3)21-24-17-12-18-15(11-19(17)26-21)13-7-6-8-14(20(13)25-18)16-9-4-5-10-23-16;1-10-7-8-12(13-9-10)11-5-3-2-4-6-11;/h4-7,9-12H,1-3H3;2-5,7-9H,1H3;/q2*-1;/i4D,5D,9D,10D;;. The van der Waals surface area contributed by atoms with Crippen LogP contribution in [0, 0.1) is 19.1 Å². The molecule has 0 aliphatic carbocycles. The number of pyridine rings is 2. The maximum atomic E-state index is 8.23. The summed E-state index contributed by atoms with van der Waals surface area (Å²) in [4.78, 5) is 13.2. The van der Waals surface area contributed by atoms with E-state index in [9.17, 15) is 0 Å². The van der Waals surface area contributed by atoms with Crippen LogP contribution in [0.25, 0.3) is 54.7 Å². The molecule has 0 saturated heterocycles. The van der Waals surface area contributed by atoms with Gasteiger partial charge in [0.25, 0.3) is 0 Å². The van der Waals surface area contributed by atoms with Crippen LogP contribution in [-0.4, -0.2) is 15.0 Å². The smallest absolute Gasteiger partial charge is 0.123 e. The van der Waals surface area contributed by atoms with Crippen molar-refractivity contribution in [1.82, 2.24) is 15.0 Å². The molecule has 0 atom stereocenters. The number of aryl methyl sites for hydroxylation is 1. The minimum Gasteiger partial charge on any atom is -0.501 e. The molecule has 0 N–H and O–H groups in total. The second-order valence-electron chi connectivity index (χ2n) is 10.2. The summed E-state index contributed by atoms with van der Waals surface area (Å²) in [6.07, 6.45) is 1.53. The summed E-state index contributed by atoms with van der Waals surface area (Å²) >= 11 is 1.67. The van der Waals surface area contributed by atoms with E-state index in [0.717, 1.165) is 37.3 Å². The van der Waals surface area contributed by atoms with Crippen molar-refractivity contribution in [2.45, 2.75) is 33.1 Å². The summed E-state index contributed by atoms with van der Waals surface area (Å²) in [5.41, 5.74) is 5.76. The van der Waals surface area contributed by atoms with Crippen LogP contribution in [0.2, 0.25) is 0 Å². The summed E-state index contributed by atoms with van der Waals surface area (Å²) in [7, 11) is 0. The molecule has 40 heavy (non-hydrogen) atoms. The molecule has 0 bridgehead atoms. The van der Waals surface area contributed by atoms with Crippen molar-refractivity contribution in [2.24, 2.45) is 0 Å². The molecule has 0 spiro atoms. The molecule has 0 fully saturated rings. The van der Waals surface area contributed by atoms with E-state index in [4.69, 9.17) is 14.9 Å². The summed E-state index contributed by atoms with van der Waals surface area (Å²) in [6, 6.07) is 24.8. The number of furan rings is 1. The van der Waals surface area contributed by atoms with Crippen molar-refractivity contribution >= 4 is 43.5 Å². The van der Waals surface area contributed by atoms with Gasteiger partial charge >= 0.3 is 0 Å². The van der Waals surface area contributed by atoms with Crippen LogP contribution in [-0.2, 0) is 25.5 Å². The minimum atomic E-state index is -0.360. The van der Waals surface area contributed by atoms with E-state index in [0.29, 0.717) is 16.7 Å². The molecule has 0 amide bonds. The first kappa shape index (κ1) is 23.0. The van der Waals surface area contributed by atoms with Gasteiger partial charge in [-0.25, -0.2) is 4.98 Å². The van der Waals surface area contributed by atoms with Gasteiger partial charge in [-0.15, -0.1) is 65.4 Å². The van der Waals surface area contributed by atoms with Gasteiger partial charge < -0.3 is 14.4 Å². The third-order valence-electron chi connectivity index (χ3n) is 6.18. The molecule has 1 radical (unpaired) electrons. The molecule has 4 heterocycles. The minimum absolute atomic E-state index is 0. The molecular weight excluding hydrogens is 691 g/mol. The third-order valence-corrected chi connectivity index (χ3v) is 7.63. The number of aromatic nitrogens is 3. The number of rotatable bonds is 2. The zero-order chi connectivity index (χ0) is 30.5. The fraction of sp³-hybridized carbons (Fsp3) is 0.147. The van der Waals surface area contributed by atoms with E-state index < -0.39 is 0 Å². The second kappa shape index (κ2) is 11.4. The Kier molecular flexibility index (Phi) is 6.58. The normalized spacial score (nSPS) is 12.7. The van der Waals surface area contributed by atoms with Gasteiger partial charge in [-0.3, -0.25) is 0 Å². The molecule has 201 valence electrons. The fourth-order valence-corrected chi connectivity index (χ4v) is 5.23. The van der Waals surface area contributed by atoms with Crippen LogP contribution in [0.1, 0.15) is 36.8 Å². The number of fused-ring (bicyclic) bond motifs is 4. The van der Waals surface area contributed by atoms with E-state index in [1.165, 1.54) is 5.56 Å². The van der Waals surface area contributed by atoms with Crippen LogP contribution in [0.3, 0.4) is 0 Å². The Balaban J connectivity index is 0.000000230. The molecule has 4 aromatic heterocycles. The number of nitrogens with zero attached hydrogens (tertiary/aromatic N) is 3. The van der Waals surface area contributed by atoms with Crippen LogP contribution < -0.4 is 0 Å². The monoisotopic (exact) mass is 722 g/mol. The Bertz CT molecular complexity index is 2120. The first-order chi connectivity index (χ1) is 20.5. The van der Waals surface area contributed by atoms with Crippen molar-refractivity contribution in [3.05, 3.63) is 114 Å². The van der Waals surface area contributed by atoms with Crippen molar-refractivity contribution in [3.63, 3.8) is 0 Å². The molecule has 7 rings (SSSR count). The van der Waals surface area contributed by atoms with E-state index in [-0.39, 0.29) is 55.5 Å². The van der Waals surface area contributed by atoms with Crippen molar-refractivity contribution < 1.29 is 30.0 Å². The fourth-order valence-electron chi connectivity index (χ4n) is 4.19. The Morgan fingerprint density at radius 1 is 0.925 bits per heavy atom. The van der Waals surface area contributed by atoms with Crippen LogP contribution in [0.15, 0.2) is 95.6 Å². The van der Waals surface area contributed by atoms with Crippen LogP contribution in [0.5, 0.6) is 0 Å². The van der Waals surface area contributed by atoms with Gasteiger partial charge in [0, 0.05) is 49.3 Å². The first-order valence-corrected chi connectivity index (χ1v) is 13.4. The number of hydrogen-bond donors (Lipinski definition) is 0. The first-order valence-electron chi connectivity index (χ1n) is 14.5. The van der Waals surface area contributed by atoms with Gasteiger partial charge in [0.05, 0.1) is 26.3 Å². The van der Waals surface area contributed by atoms with Crippen molar-refractivity contribution in [2.75, 3.05) is 0 Å². The van der Waals surface area contributed by atoms with Gasteiger partial charge in [-0.1, -0.05) is 55.9 Å². The summed E-state index contributed by atoms with van der Waals surface area (Å²) < 4.78 is 39.0. The second-order valence-corrected chi connectivity index (χ2v) is 11.3. The Morgan fingerprint density at radius 2 is 1.80 bits per heavy atom. The average molecular weight is 722 g/mol. The molecule has 0 saturated carbocycles. The number of thiazole rings is 1. The quantitative estimate of drug-likeness (QED) is 0.167. The van der Waals surface area contributed by atoms with Gasteiger partial charge in [-0.05, 0) is 36.0 Å². The maximum Gasteiger partial charge on any atom is 0.123 e.